The van der Waals surface area contributed by atoms with Crippen LogP contribution in [0.2, 0.25) is 0 Å². The lowest BCUT2D eigenvalue weighted by atomic mass is 9.96. The summed E-state index contributed by atoms with van der Waals surface area (Å²) in [6.07, 6.45) is 2.26. The Labute approximate surface area is 185 Å². The van der Waals surface area contributed by atoms with Gasteiger partial charge in [-0.1, -0.05) is 12.1 Å². The molecule has 1 saturated carbocycles. The quantitative estimate of drug-likeness (QED) is 0.341. The monoisotopic (exact) mass is 504 g/mol. The Morgan fingerprint density at radius 3 is 2.39 bits per heavy atom. The number of benzene rings is 1. The van der Waals surface area contributed by atoms with Gasteiger partial charge in [-0.2, -0.15) is 0 Å². The van der Waals surface area contributed by atoms with Crippen LogP contribution in [0.4, 0.5) is 4.39 Å². The van der Waals surface area contributed by atoms with Gasteiger partial charge < -0.3 is 15.4 Å². The molecule has 2 N–H and O–H groups in total. The zero-order valence-electron chi connectivity index (χ0n) is 17.3. The van der Waals surface area contributed by atoms with Crippen molar-refractivity contribution < 1.29 is 9.13 Å². The maximum absolute atomic E-state index is 13.2. The summed E-state index contributed by atoms with van der Waals surface area (Å²) in [6, 6.07) is 6.93. The third kappa shape index (κ3) is 6.03. The Hall–Kier alpha value is -0.930. The molecule has 1 aromatic carbocycles. The molecular weight excluding hydrogens is 470 g/mol. The fraction of sp³-hybridized carbons (Fsp3) is 0.667. The van der Waals surface area contributed by atoms with E-state index in [2.05, 4.69) is 36.3 Å². The number of guanidine groups is 1. The average Bonchev–Trinajstić information content (AvgIpc) is 3.46. The lowest BCUT2D eigenvalue weighted by Crippen LogP contribution is -2.52. The van der Waals surface area contributed by atoms with E-state index in [1.165, 1.54) is 5.56 Å². The standard InChI is InChI=1S/C21H33FN4O.HI/c1-4-23-19(24-15-20(2,3)26-11-13-27-14-12-26)25-16-21(9-10-21)17-5-7-18(22)8-6-17;/h5-8H,4,9-16H2,1-3H3,(H2,23,24,25);1H. The summed E-state index contributed by atoms with van der Waals surface area (Å²) in [6.45, 7) is 12.5. The van der Waals surface area contributed by atoms with Gasteiger partial charge in [0, 0.05) is 37.1 Å². The summed E-state index contributed by atoms with van der Waals surface area (Å²) in [5.74, 6) is 0.676. The van der Waals surface area contributed by atoms with E-state index < -0.39 is 0 Å². The maximum atomic E-state index is 13.2. The van der Waals surface area contributed by atoms with E-state index in [0.717, 1.165) is 64.7 Å². The zero-order valence-corrected chi connectivity index (χ0v) is 19.6. The molecule has 0 amide bonds. The molecule has 1 aliphatic carbocycles. The van der Waals surface area contributed by atoms with Crippen LogP contribution < -0.4 is 10.6 Å². The van der Waals surface area contributed by atoms with E-state index in [9.17, 15) is 4.39 Å². The molecule has 28 heavy (non-hydrogen) atoms. The molecule has 0 bridgehead atoms. The largest absolute Gasteiger partial charge is 0.379 e. The van der Waals surface area contributed by atoms with Crippen molar-refractivity contribution in [2.24, 2.45) is 4.99 Å². The molecule has 1 aromatic rings. The van der Waals surface area contributed by atoms with Crippen molar-refractivity contribution in [3.8, 4) is 0 Å². The third-order valence-corrected chi connectivity index (χ3v) is 5.74. The van der Waals surface area contributed by atoms with E-state index >= 15 is 0 Å². The second-order valence-corrected chi connectivity index (χ2v) is 8.25. The molecule has 0 aromatic heterocycles. The van der Waals surface area contributed by atoms with Crippen molar-refractivity contribution in [3.63, 3.8) is 0 Å². The molecule has 3 rings (SSSR count). The molecule has 1 saturated heterocycles. The molecule has 1 aliphatic heterocycles. The lowest BCUT2D eigenvalue weighted by Gasteiger charge is -2.40. The number of aliphatic imine (C=N–C) groups is 1. The fourth-order valence-corrected chi connectivity index (χ4v) is 3.66. The zero-order chi connectivity index (χ0) is 19.3. The van der Waals surface area contributed by atoms with Crippen molar-refractivity contribution in [3.05, 3.63) is 35.6 Å². The molecule has 2 fully saturated rings. The molecule has 2 aliphatic rings. The van der Waals surface area contributed by atoms with Crippen molar-refractivity contribution in [1.29, 1.82) is 0 Å². The summed E-state index contributed by atoms with van der Waals surface area (Å²) in [5.41, 5.74) is 1.32. The lowest BCUT2D eigenvalue weighted by molar-refractivity contribution is -0.00683. The van der Waals surface area contributed by atoms with E-state index in [-0.39, 0.29) is 40.7 Å². The SMILES string of the molecule is CCNC(=NCC(C)(C)N1CCOCC1)NCC1(c2ccc(F)cc2)CC1.I. The van der Waals surface area contributed by atoms with Gasteiger partial charge in [-0.15, -0.1) is 24.0 Å². The number of rotatable bonds is 7. The minimum absolute atomic E-state index is 0. The van der Waals surface area contributed by atoms with Gasteiger partial charge in [0.15, 0.2) is 5.96 Å². The van der Waals surface area contributed by atoms with Crippen LogP contribution in [-0.4, -0.2) is 62.3 Å². The number of morpholine rings is 1. The number of hydrogen-bond donors (Lipinski definition) is 2. The first-order chi connectivity index (χ1) is 13.0. The predicted octanol–water partition coefficient (Wildman–Crippen LogP) is 3.14. The Morgan fingerprint density at radius 1 is 1.18 bits per heavy atom. The number of ether oxygens (including phenoxy) is 1. The molecule has 1 heterocycles. The topological polar surface area (TPSA) is 48.9 Å². The van der Waals surface area contributed by atoms with Gasteiger partial charge in [-0.3, -0.25) is 9.89 Å². The van der Waals surface area contributed by atoms with Crippen LogP contribution in [-0.2, 0) is 10.2 Å². The highest BCUT2D eigenvalue weighted by atomic mass is 127. The predicted molar refractivity (Wildman–Crippen MR) is 123 cm³/mol. The van der Waals surface area contributed by atoms with Crippen molar-refractivity contribution >= 4 is 29.9 Å². The summed E-state index contributed by atoms with van der Waals surface area (Å²) >= 11 is 0. The first-order valence-electron chi connectivity index (χ1n) is 10.1. The number of nitrogens with zero attached hydrogens (tertiary/aromatic N) is 2. The van der Waals surface area contributed by atoms with Crippen LogP contribution in [0.1, 0.15) is 39.2 Å². The number of nitrogens with one attached hydrogen (secondary N) is 2. The van der Waals surface area contributed by atoms with Crippen molar-refractivity contribution in [2.45, 2.75) is 44.6 Å². The van der Waals surface area contributed by atoms with E-state index in [1.54, 1.807) is 12.1 Å². The maximum Gasteiger partial charge on any atom is 0.191 e. The van der Waals surface area contributed by atoms with E-state index in [0.29, 0.717) is 0 Å². The van der Waals surface area contributed by atoms with Gasteiger partial charge in [0.05, 0.1) is 19.8 Å². The van der Waals surface area contributed by atoms with Gasteiger partial charge in [0.1, 0.15) is 5.82 Å². The molecule has 7 heteroatoms. The summed E-state index contributed by atoms with van der Waals surface area (Å²) in [4.78, 5) is 7.30. The number of hydrogen-bond acceptors (Lipinski definition) is 3. The normalized spacial score (nSPS) is 19.6. The molecule has 0 unspecified atom stereocenters. The van der Waals surface area contributed by atoms with Gasteiger partial charge in [0.25, 0.3) is 0 Å². The highest BCUT2D eigenvalue weighted by molar-refractivity contribution is 14.0. The molecule has 5 nitrogen and oxygen atoms in total. The molecule has 0 spiro atoms. The number of halogens is 2. The Bertz CT molecular complexity index is 640. The second kappa shape index (κ2) is 10.2. The van der Waals surface area contributed by atoms with Crippen molar-refractivity contribution in [2.75, 3.05) is 45.9 Å². The average molecular weight is 504 g/mol. The Kier molecular flexibility index (Phi) is 8.51. The van der Waals surface area contributed by atoms with Crippen LogP contribution in [0.5, 0.6) is 0 Å². The summed E-state index contributed by atoms with van der Waals surface area (Å²) in [5, 5.41) is 6.87. The van der Waals surface area contributed by atoms with Gasteiger partial charge >= 0.3 is 0 Å². The Balaban J connectivity index is 0.00000280. The molecule has 158 valence electrons. The highest BCUT2D eigenvalue weighted by Gasteiger charge is 2.44. The third-order valence-electron chi connectivity index (χ3n) is 5.74. The molecule has 0 radical (unpaired) electrons. The van der Waals surface area contributed by atoms with Crippen molar-refractivity contribution in [1.82, 2.24) is 15.5 Å². The van der Waals surface area contributed by atoms with Crippen LogP contribution in [0.3, 0.4) is 0 Å². The Morgan fingerprint density at radius 2 is 1.82 bits per heavy atom. The first kappa shape index (κ1) is 23.3. The summed E-state index contributed by atoms with van der Waals surface area (Å²) in [7, 11) is 0. The molecule has 0 atom stereocenters. The minimum atomic E-state index is -0.178. The fourth-order valence-electron chi connectivity index (χ4n) is 3.66. The molecular formula is C21H34FIN4O. The van der Waals surface area contributed by atoms with Gasteiger partial charge in [-0.05, 0) is 51.3 Å². The van der Waals surface area contributed by atoms with Crippen LogP contribution >= 0.6 is 24.0 Å². The second-order valence-electron chi connectivity index (χ2n) is 8.25. The van der Waals surface area contributed by atoms with Crippen LogP contribution in [0.15, 0.2) is 29.3 Å². The highest BCUT2D eigenvalue weighted by Crippen LogP contribution is 2.47. The van der Waals surface area contributed by atoms with Crippen LogP contribution in [0.25, 0.3) is 0 Å². The first-order valence-corrected chi connectivity index (χ1v) is 10.1. The van der Waals surface area contributed by atoms with E-state index in [4.69, 9.17) is 9.73 Å². The van der Waals surface area contributed by atoms with Crippen LogP contribution in [0, 0.1) is 5.82 Å². The smallest absolute Gasteiger partial charge is 0.191 e. The van der Waals surface area contributed by atoms with Gasteiger partial charge in [-0.25, -0.2) is 4.39 Å². The van der Waals surface area contributed by atoms with E-state index in [1.807, 2.05) is 12.1 Å². The van der Waals surface area contributed by atoms with Gasteiger partial charge in [0.2, 0.25) is 0 Å². The summed E-state index contributed by atoms with van der Waals surface area (Å²) < 4.78 is 18.7. The minimum Gasteiger partial charge on any atom is -0.379 e.